The number of nitriles is 1. The van der Waals surface area contributed by atoms with Crippen molar-refractivity contribution >= 4 is 17.4 Å². The van der Waals surface area contributed by atoms with E-state index in [0.29, 0.717) is 22.9 Å². The molecule has 6 heteroatoms. The molecule has 17 heavy (non-hydrogen) atoms. The van der Waals surface area contributed by atoms with Crippen molar-refractivity contribution in [3.63, 3.8) is 0 Å². The first-order valence-corrected chi connectivity index (χ1v) is 5.43. The molecule has 2 rings (SSSR count). The number of rotatable bonds is 4. The predicted octanol–water partition coefficient (Wildman–Crippen LogP) is 1.92. The lowest BCUT2D eigenvalue weighted by molar-refractivity contribution is 0.725. The second kappa shape index (κ2) is 5.32. The van der Waals surface area contributed by atoms with E-state index >= 15 is 0 Å². The van der Waals surface area contributed by atoms with Crippen molar-refractivity contribution in [3.05, 3.63) is 41.6 Å². The number of nitrogens with one attached hydrogen (secondary N) is 1. The molecule has 0 aliphatic heterocycles. The van der Waals surface area contributed by atoms with Gasteiger partial charge in [-0.25, -0.2) is 9.97 Å². The minimum atomic E-state index is 0.362. The highest BCUT2D eigenvalue weighted by Crippen LogP contribution is 2.22. The van der Waals surface area contributed by atoms with Crippen LogP contribution in [0.15, 0.2) is 31.0 Å². The van der Waals surface area contributed by atoms with E-state index in [2.05, 4.69) is 15.3 Å². The Bertz CT molecular complexity index is 529. The van der Waals surface area contributed by atoms with Crippen LogP contribution in [0.25, 0.3) is 0 Å². The Hall–Kier alpha value is -2.06. The molecule has 2 heterocycles. The van der Waals surface area contributed by atoms with Gasteiger partial charge in [0.2, 0.25) is 0 Å². The smallest absolute Gasteiger partial charge is 0.146 e. The van der Waals surface area contributed by atoms with E-state index in [9.17, 15) is 0 Å². The number of anilines is 1. The first kappa shape index (κ1) is 11.4. The van der Waals surface area contributed by atoms with E-state index in [4.69, 9.17) is 16.9 Å². The fraction of sp³-hybridized carbons (Fsp3) is 0.182. The Balaban J connectivity index is 1.98. The fourth-order valence-electron chi connectivity index (χ4n) is 1.38. The van der Waals surface area contributed by atoms with Crippen molar-refractivity contribution in [1.82, 2.24) is 14.5 Å². The molecule has 2 aromatic heterocycles. The molecule has 0 aromatic carbocycles. The van der Waals surface area contributed by atoms with Gasteiger partial charge in [0.15, 0.2) is 0 Å². The van der Waals surface area contributed by atoms with E-state index in [1.165, 1.54) is 0 Å². The molecule has 86 valence electrons. The summed E-state index contributed by atoms with van der Waals surface area (Å²) >= 11 is 6.00. The van der Waals surface area contributed by atoms with Crippen LogP contribution < -0.4 is 5.32 Å². The van der Waals surface area contributed by atoms with Gasteiger partial charge in [0.05, 0.1) is 11.9 Å². The van der Waals surface area contributed by atoms with Crippen LogP contribution in [0.2, 0.25) is 5.02 Å². The zero-order valence-corrected chi connectivity index (χ0v) is 9.72. The van der Waals surface area contributed by atoms with Gasteiger partial charge in [-0.05, 0) is 6.07 Å². The maximum absolute atomic E-state index is 8.82. The van der Waals surface area contributed by atoms with E-state index in [-0.39, 0.29) is 0 Å². The zero-order chi connectivity index (χ0) is 12.1. The van der Waals surface area contributed by atoms with E-state index in [1.54, 1.807) is 24.8 Å². The third-order valence-electron chi connectivity index (χ3n) is 2.23. The minimum absolute atomic E-state index is 0.362. The Morgan fingerprint density at radius 3 is 3.06 bits per heavy atom. The maximum Gasteiger partial charge on any atom is 0.146 e. The number of halogens is 1. The van der Waals surface area contributed by atoms with E-state index in [0.717, 1.165) is 6.54 Å². The van der Waals surface area contributed by atoms with Crippen molar-refractivity contribution in [2.24, 2.45) is 0 Å². The summed E-state index contributed by atoms with van der Waals surface area (Å²) in [7, 11) is 0. The summed E-state index contributed by atoms with van der Waals surface area (Å²) < 4.78 is 1.94. The van der Waals surface area contributed by atoms with Crippen molar-refractivity contribution in [3.8, 4) is 6.07 Å². The maximum atomic E-state index is 8.82. The molecule has 0 fully saturated rings. The summed E-state index contributed by atoms with van der Waals surface area (Å²) in [4.78, 5) is 8.03. The highest BCUT2D eigenvalue weighted by atomic mass is 35.5. The highest BCUT2D eigenvalue weighted by Gasteiger charge is 2.05. The Morgan fingerprint density at radius 1 is 1.47 bits per heavy atom. The lowest BCUT2D eigenvalue weighted by Crippen LogP contribution is -2.10. The van der Waals surface area contributed by atoms with Crippen LogP contribution in [0.4, 0.5) is 5.82 Å². The highest BCUT2D eigenvalue weighted by molar-refractivity contribution is 6.34. The number of hydrogen-bond acceptors (Lipinski definition) is 4. The average Bonchev–Trinajstić information content (AvgIpc) is 2.84. The van der Waals surface area contributed by atoms with Gasteiger partial charge in [-0.1, -0.05) is 11.6 Å². The van der Waals surface area contributed by atoms with E-state index < -0.39 is 0 Å². The summed E-state index contributed by atoms with van der Waals surface area (Å²) in [6, 6.07) is 3.60. The van der Waals surface area contributed by atoms with Crippen LogP contribution >= 0.6 is 11.6 Å². The number of imidazole rings is 1. The third kappa shape index (κ3) is 2.74. The van der Waals surface area contributed by atoms with Crippen molar-refractivity contribution in [2.75, 3.05) is 11.9 Å². The van der Waals surface area contributed by atoms with Crippen LogP contribution in [0.5, 0.6) is 0 Å². The topological polar surface area (TPSA) is 66.5 Å². The molecule has 0 amide bonds. The molecule has 0 unspecified atom stereocenters. The minimum Gasteiger partial charge on any atom is -0.367 e. The second-order valence-corrected chi connectivity index (χ2v) is 3.74. The molecule has 1 N–H and O–H groups in total. The molecule has 5 nitrogen and oxygen atoms in total. The Kier molecular flexibility index (Phi) is 3.58. The summed E-state index contributed by atoms with van der Waals surface area (Å²) in [5, 5.41) is 12.3. The molecule has 0 aliphatic carbocycles. The lowest BCUT2D eigenvalue weighted by atomic mass is 10.3. The van der Waals surface area contributed by atoms with Gasteiger partial charge in [0, 0.05) is 31.7 Å². The van der Waals surface area contributed by atoms with Crippen molar-refractivity contribution in [1.29, 1.82) is 5.26 Å². The summed E-state index contributed by atoms with van der Waals surface area (Å²) in [6.45, 7) is 1.42. The molecule has 0 spiro atoms. The summed E-state index contributed by atoms with van der Waals surface area (Å²) in [5.74, 6) is 0.533. The molecule has 0 atom stereocenters. The molecule has 0 radical (unpaired) electrons. The monoisotopic (exact) mass is 247 g/mol. The van der Waals surface area contributed by atoms with Gasteiger partial charge in [0.25, 0.3) is 0 Å². The standard InChI is InChI=1S/C11H10ClN5/c12-10-9(7-13)1-2-15-11(10)16-4-6-17-5-3-14-8-17/h1-3,5,8H,4,6H2,(H,15,16). The van der Waals surface area contributed by atoms with Gasteiger partial charge in [-0.2, -0.15) is 5.26 Å². The first-order chi connectivity index (χ1) is 8.31. The number of aromatic nitrogens is 3. The molecule has 0 aliphatic rings. The molecule has 2 aromatic rings. The van der Waals surface area contributed by atoms with Crippen LogP contribution in [0, 0.1) is 11.3 Å². The van der Waals surface area contributed by atoms with Crippen LogP contribution in [-0.2, 0) is 6.54 Å². The predicted molar refractivity (Wildman–Crippen MR) is 64.7 cm³/mol. The molecule has 0 saturated carbocycles. The quantitative estimate of drug-likeness (QED) is 0.896. The van der Waals surface area contributed by atoms with Crippen LogP contribution in [-0.4, -0.2) is 21.1 Å². The first-order valence-electron chi connectivity index (χ1n) is 5.05. The van der Waals surface area contributed by atoms with Gasteiger partial charge >= 0.3 is 0 Å². The number of nitrogens with zero attached hydrogens (tertiary/aromatic N) is 4. The fourth-order valence-corrected chi connectivity index (χ4v) is 1.60. The SMILES string of the molecule is N#Cc1ccnc(NCCn2ccnc2)c1Cl. The van der Waals surface area contributed by atoms with E-state index in [1.807, 2.05) is 16.8 Å². The lowest BCUT2D eigenvalue weighted by Gasteiger charge is -2.08. The molecule has 0 bridgehead atoms. The third-order valence-corrected chi connectivity index (χ3v) is 2.61. The van der Waals surface area contributed by atoms with Gasteiger partial charge < -0.3 is 9.88 Å². The molecule has 0 saturated heterocycles. The van der Waals surface area contributed by atoms with Crippen LogP contribution in [0.3, 0.4) is 0 Å². The molecular weight excluding hydrogens is 238 g/mol. The van der Waals surface area contributed by atoms with Gasteiger partial charge in [0.1, 0.15) is 16.9 Å². The summed E-state index contributed by atoms with van der Waals surface area (Å²) in [5.41, 5.74) is 0.423. The normalized spacial score (nSPS) is 9.88. The molecular formula is C11H10ClN5. The van der Waals surface area contributed by atoms with Gasteiger partial charge in [-0.3, -0.25) is 0 Å². The second-order valence-electron chi connectivity index (χ2n) is 3.36. The van der Waals surface area contributed by atoms with Crippen molar-refractivity contribution < 1.29 is 0 Å². The van der Waals surface area contributed by atoms with Crippen molar-refractivity contribution in [2.45, 2.75) is 6.54 Å². The largest absolute Gasteiger partial charge is 0.367 e. The average molecular weight is 248 g/mol. The van der Waals surface area contributed by atoms with Gasteiger partial charge in [-0.15, -0.1) is 0 Å². The Morgan fingerprint density at radius 2 is 2.35 bits per heavy atom. The summed E-state index contributed by atoms with van der Waals surface area (Å²) in [6.07, 6.45) is 6.90. The zero-order valence-electron chi connectivity index (χ0n) is 8.97. The van der Waals surface area contributed by atoms with Crippen LogP contribution in [0.1, 0.15) is 5.56 Å². The number of hydrogen-bond donors (Lipinski definition) is 1. The Labute approximate surface area is 104 Å². The number of pyridine rings is 1.